The van der Waals surface area contributed by atoms with E-state index in [1.54, 1.807) is 4.90 Å². The molecule has 1 saturated heterocycles. The van der Waals surface area contributed by atoms with E-state index in [4.69, 9.17) is 5.11 Å². The van der Waals surface area contributed by atoms with Crippen LogP contribution in [0.4, 0.5) is 0 Å². The predicted octanol–water partition coefficient (Wildman–Crippen LogP) is 1.75. The van der Waals surface area contributed by atoms with Crippen molar-refractivity contribution in [3.8, 4) is 0 Å². The van der Waals surface area contributed by atoms with Gasteiger partial charge in [0.25, 0.3) is 0 Å². The lowest BCUT2D eigenvalue weighted by atomic mass is 9.91. The van der Waals surface area contributed by atoms with Crippen LogP contribution in [0.25, 0.3) is 0 Å². The van der Waals surface area contributed by atoms with Crippen LogP contribution in [-0.4, -0.2) is 35.0 Å². The van der Waals surface area contributed by atoms with E-state index in [1.807, 2.05) is 20.8 Å². The molecule has 1 aliphatic rings. The van der Waals surface area contributed by atoms with E-state index in [0.29, 0.717) is 19.5 Å². The third kappa shape index (κ3) is 4.21. The maximum absolute atomic E-state index is 11.9. The maximum Gasteiger partial charge on any atom is 0.303 e. The Hall–Kier alpha value is -1.06. The highest BCUT2D eigenvalue weighted by molar-refractivity contribution is 5.77. The Morgan fingerprint density at radius 3 is 2.50 bits per heavy atom. The van der Waals surface area contributed by atoms with Crippen LogP contribution >= 0.6 is 0 Å². The van der Waals surface area contributed by atoms with Crippen LogP contribution in [0.3, 0.4) is 0 Å². The highest BCUT2D eigenvalue weighted by Crippen LogP contribution is 2.24. The summed E-state index contributed by atoms with van der Waals surface area (Å²) in [5.74, 6) is -0.475. The van der Waals surface area contributed by atoms with Crippen LogP contribution in [0.5, 0.6) is 0 Å². The van der Waals surface area contributed by atoms with Gasteiger partial charge in [0.1, 0.15) is 0 Å². The summed E-state index contributed by atoms with van der Waals surface area (Å²) in [6.45, 7) is 7.44. The first-order valence-corrected chi connectivity index (χ1v) is 5.77. The van der Waals surface area contributed by atoms with Gasteiger partial charge in [0.05, 0.1) is 0 Å². The van der Waals surface area contributed by atoms with Gasteiger partial charge < -0.3 is 10.0 Å². The van der Waals surface area contributed by atoms with E-state index in [1.165, 1.54) is 0 Å². The van der Waals surface area contributed by atoms with Crippen molar-refractivity contribution < 1.29 is 14.7 Å². The molecule has 0 aromatic rings. The number of rotatable bonds is 3. The highest BCUT2D eigenvalue weighted by atomic mass is 16.4. The van der Waals surface area contributed by atoms with Gasteiger partial charge in [-0.2, -0.15) is 0 Å². The molecule has 0 aliphatic carbocycles. The number of amides is 1. The average molecular weight is 227 g/mol. The van der Waals surface area contributed by atoms with Crippen molar-refractivity contribution in [2.75, 3.05) is 13.1 Å². The zero-order chi connectivity index (χ0) is 12.3. The molecule has 1 atom stereocenters. The second-order valence-electron chi connectivity index (χ2n) is 5.83. The topological polar surface area (TPSA) is 57.6 Å². The Morgan fingerprint density at radius 1 is 1.38 bits per heavy atom. The molecule has 1 rings (SSSR count). The number of nitrogens with zero attached hydrogens (tertiary/aromatic N) is 1. The van der Waals surface area contributed by atoms with Crippen LogP contribution in [0, 0.1) is 11.3 Å². The fourth-order valence-corrected chi connectivity index (χ4v) is 2.04. The molecule has 1 heterocycles. The van der Waals surface area contributed by atoms with E-state index >= 15 is 0 Å². The normalized spacial score (nSPS) is 21.2. The first kappa shape index (κ1) is 13.0. The highest BCUT2D eigenvalue weighted by Gasteiger charge is 2.29. The monoisotopic (exact) mass is 227 g/mol. The minimum absolute atomic E-state index is 0.00195. The minimum Gasteiger partial charge on any atom is -0.481 e. The lowest BCUT2D eigenvalue weighted by molar-refractivity contribution is -0.138. The van der Waals surface area contributed by atoms with Crippen molar-refractivity contribution in [1.29, 1.82) is 0 Å². The molecule has 0 aromatic heterocycles. The second-order valence-corrected chi connectivity index (χ2v) is 5.83. The summed E-state index contributed by atoms with van der Waals surface area (Å²) in [5, 5.41) is 8.68. The van der Waals surface area contributed by atoms with Crippen molar-refractivity contribution in [2.45, 2.75) is 40.0 Å². The third-order valence-electron chi connectivity index (χ3n) is 2.78. The van der Waals surface area contributed by atoms with Crippen molar-refractivity contribution in [2.24, 2.45) is 11.3 Å². The molecule has 0 aromatic carbocycles. The molecule has 1 N–H and O–H groups in total. The second kappa shape index (κ2) is 4.85. The molecule has 0 radical (unpaired) electrons. The standard InChI is InChI=1S/C12H21NO3/c1-12(2,3)7-10(14)13-5-4-9(8-13)6-11(15)16/h9H,4-8H2,1-3H3,(H,15,16). The first-order valence-electron chi connectivity index (χ1n) is 5.77. The smallest absolute Gasteiger partial charge is 0.303 e. The summed E-state index contributed by atoms with van der Waals surface area (Å²) in [4.78, 5) is 24.2. The van der Waals surface area contributed by atoms with E-state index in [9.17, 15) is 9.59 Å². The maximum atomic E-state index is 11.9. The fourth-order valence-electron chi connectivity index (χ4n) is 2.04. The summed E-state index contributed by atoms with van der Waals surface area (Å²) in [7, 11) is 0. The summed E-state index contributed by atoms with van der Waals surface area (Å²) < 4.78 is 0. The van der Waals surface area contributed by atoms with Crippen molar-refractivity contribution in [3.05, 3.63) is 0 Å². The van der Waals surface area contributed by atoms with Gasteiger partial charge in [-0.25, -0.2) is 0 Å². The lowest BCUT2D eigenvalue weighted by Gasteiger charge is -2.22. The molecule has 4 heteroatoms. The summed E-state index contributed by atoms with van der Waals surface area (Å²) in [5.41, 5.74) is 0.00195. The van der Waals surface area contributed by atoms with Crippen molar-refractivity contribution in [1.82, 2.24) is 4.90 Å². The predicted molar refractivity (Wildman–Crippen MR) is 61.0 cm³/mol. The van der Waals surface area contributed by atoms with Gasteiger partial charge in [0, 0.05) is 25.9 Å². The van der Waals surface area contributed by atoms with Gasteiger partial charge in [-0.1, -0.05) is 20.8 Å². The van der Waals surface area contributed by atoms with Crippen LogP contribution in [0.15, 0.2) is 0 Å². The molecule has 16 heavy (non-hydrogen) atoms. The number of likely N-dealkylation sites (tertiary alicyclic amines) is 1. The Labute approximate surface area is 96.6 Å². The molecule has 4 nitrogen and oxygen atoms in total. The Bertz CT molecular complexity index is 280. The molecular weight excluding hydrogens is 206 g/mol. The molecule has 1 amide bonds. The van der Waals surface area contributed by atoms with Crippen LogP contribution in [0.2, 0.25) is 0 Å². The number of aliphatic carboxylic acids is 1. The number of hydrogen-bond donors (Lipinski definition) is 1. The van der Waals surface area contributed by atoms with Crippen LogP contribution < -0.4 is 0 Å². The van der Waals surface area contributed by atoms with Gasteiger partial charge in [-0.05, 0) is 17.8 Å². The van der Waals surface area contributed by atoms with E-state index < -0.39 is 5.97 Å². The molecule has 1 aliphatic heterocycles. The first-order chi connectivity index (χ1) is 7.28. The third-order valence-corrected chi connectivity index (χ3v) is 2.78. The van der Waals surface area contributed by atoms with E-state index in [2.05, 4.69) is 0 Å². The quantitative estimate of drug-likeness (QED) is 0.799. The van der Waals surface area contributed by atoms with E-state index in [0.717, 1.165) is 6.42 Å². The van der Waals surface area contributed by atoms with Gasteiger partial charge in [-0.3, -0.25) is 9.59 Å². The molecule has 1 fully saturated rings. The Kier molecular flexibility index (Phi) is 3.94. The van der Waals surface area contributed by atoms with Crippen molar-refractivity contribution in [3.63, 3.8) is 0 Å². The summed E-state index contributed by atoms with van der Waals surface area (Å²) in [6.07, 6.45) is 1.54. The summed E-state index contributed by atoms with van der Waals surface area (Å²) in [6, 6.07) is 0. The SMILES string of the molecule is CC(C)(C)CC(=O)N1CCC(CC(=O)O)C1. The average Bonchev–Trinajstić information content (AvgIpc) is 2.48. The molecular formula is C12H21NO3. The molecule has 0 spiro atoms. The van der Waals surface area contributed by atoms with Crippen molar-refractivity contribution >= 4 is 11.9 Å². The van der Waals surface area contributed by atoms with Gasteiger partial charge in [-0.15, -0.1) is 0 Å². The zero-order valence-corrected chi connectivity index (χ0v) is 10.3. The fraction of sp³-hybridized carbons (Fsp3) is 0.833. The van der Waals surface area contributed by atoms with Crippen LogP contribution in [-0.2, 0) is 9.59 Å². The van der Waals surface area contributed by atoms with Gasteiger partial charge in [0.2, 0.25) is 5.91 Å². The molecule has 0 bridgehead atoms. The molecule has 1 unspecified atom stereocenters. The van der Waals surface area contributed by atoms with Gasteiger partial charge >= 0.3 is 5.97 Å². The summed E-state index contributed by atoms with van der Waals surface area (Å²) >= 11 is 0. The number of carboxylic acids is 1. The molecule has 92 valence electrons. The largest absolute Gasteiger partial charge is 0.481 e. The number of carbonyl (C=O) groups is 2. The Balaban J connectivity index is 2.41. The molecule has 0 saturated carbocycles. The lowest BCUT2D eigenvalue weighted by Crippen LogP contribution is -2.31. The minimum atomic E-state index is -0.768. The Morgan fingerprint density at radius 2 is 2.00 bits per heavy atom. The van der Waals surface area contributed by atoms with Gasteiger partial charge in [0.15, 0.2) is 0 Å². The van der Waals surface area contributed by atoms with E-state index in [-0.39, 0.29) is 23.7 Å². The van der Waals surface area contributed by atoms with Crippen LogP contribution in [0.1, 0.15) is 40.0 Å². The zero-order valence-electron chi connectivity index (χ0n) is 10.3. The number of carbonyl (C=O) groups excluding carboxylic acids is 1. The number of carboxylic acid groups (broad SMARTS) is 1. The number of hydrogen-bond acceptors (Lipinski definition) is 2.